The Morgan fingerprint density at radius 2 is 2.17 bits per heavy atom. The first kappa shape index (κ1) is 14.9. The van der Waals surface area contributed by atoms with Crippen molar-refractivity contribution in [3.05, 3.63) is 36.0 Å². The zero-order valence-corrected chi connectivity index (χ0v) is 12.1. The maximum Gasteiger partial charge on any atom is 0.287 e. The van der Waals surface area contributed by atoms with Gasteiger partial charge in [-0.3, -0.25) is 4.90 Å². The number of phenols is 1. The minimum Gasteiger partial charge on any atom is -0.508 e. The lowest BCUT2D eigenvalue weighted by Crippen LogP contribution is -2.53. The monoisotopic (exact) mass is 315 g/mol. The van der Waals surface area contributed by atoms with Crippen LogP contribution in [0.4, 0.5) is 11.4 Å². The average molecular weight is 315 g/mol. The Morgan fingerprint density at radius 1 is 1.39 bits per heavy atom. The molecule has 2 heterocycles. The summed E-state index contributed by atoms with van der Waals surface area (Å²) in [6.07, 6.45) is 1.33. The number of anilines is 2. The van der Waals surface area contributed by atoms with E-state index in [9.17, 15) is 15.3 Å². The third-order valence-electron chi connectivity index (χ3n) is 3.37. The maximum atomic E-state index is 10.2. The number of methoxy groups -OCH3 is 1. The van der Waals surface area contributed by atoms with Gasteiger partial charge in [0.05, 0.1) is 24.7 Å². The van der Waals surface area contributed by atoms with E-state index in [0.29, 0.717) is 5.75 Å². The average Bonchev–Trinajstić information content (AvgIpc) is 2.53. The molecular weight excluding hydrogens is 302 g/mol. The third kappa shape index (κ3) is 2.48. The second kappa shape index (κ2) is 5.31. The van der Waals surface area contributed by atoms with Gasteiger partial charge in [0.1, 0.15) is 23.1 Å². The van der Waals surface area contributed by atoms with Crippen LogP contribution in [0.1, 0.15) is 5.56 Å². The number of hydrogen-bond donors (Lipinski definition) is 3. The van der Waals surface area contributed by atoms with Crippen molar-refractivity contribution in [2.75, 3.05) is 18.6 Å². The SMILES string of the molecule is COc1ncc(N2c3cc(O)ccc3OCC2(O)O)cc1C#N. The third-order valence-corrected chi connectivity index (χ3v) is 3.37. The van der Waals surface area contributed by atoms with E-state index in [1.54, 1.807) is 0 Å². The second-order valence-electron chi connectivity index (χ2n) is 4.91. The first-order chi connectivity index (χ1) is 11.0. The van der Waals surface area contributed by atoms with Gasteiger partial charge in [-0.2, -0.15) is 5.26 Å². The van der Waals surface area contributed by atoms with Crippen molar-refractivity contribution in [1.29, 1.82) is 5.26 Å². The summed E-state index contributed by atoms with van der Waals surface area (Å²) in [6, 6.07) is 7.60. The van der Waals surface area contributed by atoms with E-state index in [1.807, 2.05) is 6.07 Å². The van der Waals surface area contributed by atoms with Crippen molar-refractivity contribution in [1.82, 2.24) is 4.98 Å². The zero-order chi connectivity index (χ0) is 16.6. The summed E-state index contributed by atoms with van der Waals surface area (Å²) in [5.41, 5.74) is 0.605. The Balaban J connectivity index is 2.18. The van der Waals surface area contributed by atoms with E-state index in [0.717, 1.165) is 4.90 Å². The molecule has 8 nitrogen and oxygen atoms in total. The standard InChI is InChI=1S/C15H13N3O5/c1-22-14-9(6-16)4-10(7-17-14)18-12-5-11(19)2-3-13(12)23-8-15(18,20)21/h2-5,7,19-21H,8H2,1H3. The molecule has 23 heavy (non-hydrogen) atoms. The van der Waals surface area contributed by atoms with Crippen LogP contribution in [-0.4, -0.2) is 39.9 Å². The van der Waals surface area contributed by atoms with Gasteiger partial charge in [0.25, 0.3) is 5.91 Å². The van der Waals surface area contributed by atoms with Crippen LogP contribution in [0.5, 0.6) is 17.4 Å². The van der Waals surface area contributed by atoms with Crippen LogP contribution in [0.25, 0.3) is 0 Å². The molecule has 2 aromatic rings. The van der Waals surface area contributed by atoms with E-state index < -0.39 is 12.5 Å². The van der Waals surface area contributed by atoms with Crippen LogP contribution in [-0.2, 0) is 0 Å². The Labute approximate surface area is 131 Å². The Bertz CT molecular complexity index is 800. The van der Waals surface area contributed by atoms with E-state index >= 15 is 0 Å². The molecule has 0 bridgehead atoms. The molecule has 8 heteroatoms. The number of aliphatic hydroxyl groups is 2. The summed E-state index contributed by atoms with van der Waals surface area (Å²) >= 11 is 0. The van der Waals surface area contributed by atoms with Gasteiger partial charge in [-0.25, -0.2) is 4.98 Å². The molecule has 118 valence electrons. The number of aromatic nitrogens is 1. The van der Waals surface area contributed by atoms with Gasteiger partial charge < -0.3 is 24.8 Å². The van der Waals surface area contributed by atoms with Gasteiger partial charge in [-0.15, -0.1) is 0 Å². The molecule has 0 amide bonds. The molecule has 0 aliphatic carbocycles. The summed E-state index contributed by atoms with van der Waals surface area (Å²) < 4.78 is 10.3. The highest BCUT2D eigenvalue weighted by molar-refractivity contribution is 5.73. The zero-order valence-electron chi connectivity index (χ0n) is 12.1. The fourth-order valence-electron chi connectivity index (χ4n) is 2.39. The largest absolute Gasteiger partial charge is 0.508 e. The molecule has 3 N–H and O–H groups in total. The fraction of sp³-hybridized carbons (Fsp3) is 0.200. The Morgan fingerprint density at radius 3 is 2.87 bits per heavy atom. The molecule has 0 unspecified atom stereocenters. The molecule has 0 radical (unpaired) electrons. The summed E-state index contributed by atoms with van der Waals surface area (Å²) in [5.74, 6) is -1.96. The number of aromatic hydroxyl groups is 1. The molecule has 1 aliphatic heterocycles. The van der Waals surface area contributed by atoms with Gasteiger partial charge in [-0.05, 0) is 18.2 Å². The highest BCUT2D eigenvalue weighted by Gasteiger charge is 2.40. The van der Waals surface area contributed by atoms with E-state index in [2.05, 4.69) is 4.98 Å². The van der Waals surface area contributed by atoms with Gasteiger partial charge in [0, 0.05) is 6.07 Å². The molecule has 1 aromatic heterocycles. The molecule has 1 aliphatic rings. The van der Waals surface area contributed by atoms with Crippen molar-refractivity contribution in [3.8, 4) is 23.4 Å². The van der Waals surface area contributed by atoms with Gasteiger partial charge in [0.2, 0.25) is 5.88 Å². The number of fused-ring (bicyclic) bond motifs is 1. The first-order valence-corrected chi connectivity index (χ1v) is 6.61. The topological polar surface area (TPSA) is 119 Å². The van der Waals surface area contributed by atoms with E-state index in [1.165, 1.54) is 37.6 Å². The van der Waals surface area contributed by atoms with Gasteiger partial charge in [-0.1, -0.05) is 0 Å². The minimum absolute atomic E-state index is 0.0722. The molecular formula is C15H13N3O5. The van der Waals surface area contributed by atoms with Gasteiger partial charge in [0.15, 0.2) is 6.61 Å². The number of pyridine rings is 1. The van der Waals surface area contributed by atoms with Crippen LogP contribution in [0.15, 0.2) is 30.5 Å². The van der Waals surface area contributed by atoms with Crippen molar-refractivity contribution in [3.63, 3.8) is 0 Å². The predicted octanol–water partition coefficient (Wildman–Crippen LogP) is 0.836. The van der Waals surface area contributed by atoms with Gasteiger partial charge >= 0.3 is 0 Å². The minimum atomic E-state index is -2.37. The van der Waals surface area contributed by atoms with Crippen LogP contribution in [0.2, 0.25) is 0 Å². The number of nitrogens with zero attached hydrogens (tertiary/aromatic N) is 3. The molecule has 0 spiro atoms. The predicted molar refractivity (Wildman–Crippen MR) is 78.4 cm³/mol. The highest BCUT2D eigenvalue weighted by atomic mass is 16.6. The summed E-state index contributed by atoms with van der Waals surface area (Å²) in [7, 11) is 1.38. The van der Waals surface area contributed by atoms with E-state index in [-0.39, 0.29) is 28.6 Å². The number of nitriles is 1. The number of ether oxygens (including phenoxy) is 2. The molecule has 0 atom stereocenters. The van der Waals surface area contributed by atoms with Crippen molar-refractivity contribution >= 4 is 11.4 Å². The number of rotatable bonds is 2. The lowest BCUT2D eigenvalue weighted by atomic mass is 10.1. The molecule has 3 rings (SSSR count). The Hall–Kier alpha value is -3.02. The maximum absolute atomic E-state index is 10.2. The number of hydrogen-bond acceptors (Lipinski definition) is 8. The van der Waals surface area contributed by atoms with Crippen LogP contribution in [0.3, 0.4) is 0 Å². The normalized spacial score (nSPS) is 15.3. The van der Waals surface area contributed by atoms with Crippen LogP contribution >= 0.6 is 0 Å². The summed E-state index contributed by atoms with van der Waals surface area (Å²) in [4.78, 5) is 5.12. The lowest BCUT2D eigenvalue weighted by molar-refractivity contribution is -0.179. The number of phenolic OH excluding ortho intramolecular Hbond substituents is 1. The van der Waals surface area contributed by atoms with E-state index in [4.69, 9.17) is 14.7 Å². The summed E-state index contributed by atoms with van der Waals surface area (Å²) in [6.45, 7) is -0.418. The lowest BCUT2D eigenvalue weighted by Gasteiger charge is -2.40. The van der Waals surface area contributed by atoms with Crippen LogP contribution < -0.4 is 14.4 Å². The molecule has 0 saturated heterocycles. The fourth-order valence-corrected chi connectivity index (χ4v) is 2.39. The molecule has 0 fully saturated rings. The number of benzene rings is 1. The second-order valence-corrected chi connectivity index (χ2v) is 4.91. The quantitative estimate of drug-likeness (QED) is 0.697. The van der Waals surface area contributed by atoms with Crippen molar-refractivity contribution in [2.45, 2.75) is 5.91 Å². The van der Waals surface area contributed by atoms with Crippen molar-refractivity contribution < 1.29 is 24.8 Å². The highest BCUT2D eigenvalue weighted by Crippen LogP contribution is 2.43. The molecule has 0 saturated carbocycles. The smallest absolute Gasteiger partial charge is 0.287 e. The van der Waals surface area contributed by atoms with Crippen LogP contribution in [0, 0.1) is 11.3 Å². The Kier molecular flexibility index (Phi) is 3.44. The first-order valence-electron chi connectivity index (χ1n) is 6.61. The molecule has 1 aromatic carbocycles. The summed E-state index contributed by atoms with van der Waals surface area (Å²) in [5, 5.41) is 39.3. The van der Waals surface area contributed by atoms with Crippen molar-refractivity contribution in [2.24, 2.45) is 0 Å².